The molecule has 0 saturated carbocycles. The predicted octanol–water partition coefficient (Wildman–Crippen LogP) is 4.14. The number of benzene rings is 1. The van der Waals surface area contributed by atoms with E-state index in [1.54, 1.807) is 13.0 Å². The maximum absolute atomic E-state index is 11.1. The second-order valence-corrected chi connectivity index (χ2v) is 5.17. The Balaban J connectivity index is 2.08. The number of carbonyl (C=O) groups excluding carboxylic acids is 1. The van der Waals surface area contributed by atoms with Crippen LogP contribution in [0.5, 0.6) is 0 Å². The van der Waals surface area contributed by atoms with Crippen LogP contribution in [0.2, 0.25) is 0 Å². The van der Waals surface area contributed by atoms with Crippen molar-refractivity contribution in [3.63, 3.8) is 0 Å². The molecule has 0 radical (unpaired) electrons. The molecule has 21 heavy (non-hydrogen) atoms. The summed E-state index contributed by atoms with van der Waals surface area (Å²) in [6.45, 7) is 3.61. The summed E-state index contributed by atoms with van der Waals surface area (Å²) < 4.78 is 0. The molecule has 0 bridgehead atoms. The molecule has 0 unspecified atom stereocenters. The lowest BCUT2D eigenvalue weighted by molar-refractivity contribution is -0.112. The summed E-state index contributed by atoms with van der Waals surface area (Å²) in [6.07, 6.45) is 7.13. The first-order chi connectivity index (χ1) is 10.1. The largest absolute Gasteiger partial charge is 0.346 e. The number of hydrogen-bond acceptors (Lipinski definition) is 2. The molecular weight excluding hydrogens is 260 g/mol. The third kappa shape index (κ3) is 2.77. The molecule has 0 saturated heterocycles. The summed E-state index contributed by atoms with van der Waals surface area (Å²) in [5.41, 5.74) is 5.24. The highest BCUT2D eigenvalue weighted by molar-refractivity contribution is 5.96. The normalized spacial score (nSPS) is 11.3. The molecule has 0 fully saturated rings. The van der Waals surface area contributed by atoms with E-state index in [1.165, 1.54) is 5.56 Å². The van der Waals surface area contributed by atoms with Crippen LogP contribution in [0.25, 0.3) is 28.2 Å². The van der Waals surface area contributed by atoms with E-state index in [0.29, 0.717) is 0 Å². The quantitative estimate of drug-likeness (QED) is 0.731. The van der Waals surface area contributed by atoms with Crippen molar-refractivity contribution in [3.05, 3.63) is 59.9 Å². The molecule has 3 aromatic rings. The van der Waals surface area contributed by atoms with Crippen molar-refractivity contribution in [2.24, 2.45) is 0 Å². The average molecular weight is 276 g/mol. The van der Waals surface area contributed by atoms with Crippen LogP contribution in [0.15, 0.2) is 48.8 Å². The lowest BCUT2D eigenvalue weighted by atomic mass is 10.0. The molecule has 3 rings (SSSR count). The van der Waals surface area contributed by atoms with Gasteiger partial charge in [0, 0.05) is 28.9 Å². The Labute approximate surface area is 123 Å². The number of pyridine rings is 1. The number of carbonyl (C=O) groups is 1. The maximum Gasteiger partial charge on any atom is 0.152 e. The van der Waals surface area contributed by atoms with Crippen LogP contribution in [0.4, 0.5) is 0 Å². The number of nitrogens with one attached hydrogen (secondary N) is 1. The smallest absolute Gasteiger partial charge is 0.152 e. The standard InChI is InChI=1S/C18H16N2O/c1-12-3-6-14(7-4-12)16-9-17-15(8-5-13(2)21)10-19-18(17)20-11-16/h3-11H,1-2H3,(H,19,20)/b8-5+. The van der Waals surface area contributed by atoms with Gasteiger partial charge in [-0.15, -0.1) is 0 Å². The minimum Gasteiger partial charge on any atom is -0.346 e. The van der Waals surface area contributed by atoms with Crippen LogP contribution < -0.4 is 0 Å². The number of aryl methyl sites for hydroxylation is 1. The van der Waals surface area contributed by atoms with Crippen molar-refractivity contribution in [2.45, 2.75) is 13.8 Å². The van der Waals surface area contributed by atoms with Gasteiger partial charge in [-0.3, -0.25) is 4.79 Å². The van der Waals surface area contributed by atoms with Crippen LogP contribution in [0, 0.1) is 6.92 Å². The van der Waals surface area contributed by atoms with E-state index in [2.05, 4.69) is 47.2 Å². The fourth-order valence-corrected chi connectivity index (χ4v) is 2.27. The highest BCUT2D eigenvalue weighted by Gasteiger charge is 2.05. The number of ketones is 1. The van der Waals surface area contributed by atoms with Gasteiger partial charge < -0.3 is 4.98 Å². The number of hydrogen-bond donors (Lipinski definition) is 1. The number of rotatable bonds is 3. The zero-order valence-corrected chi connectivity index (χ0v) is 12.1. The number of aromatic amines is 1. The monoisotopic (exact) mass is 276 g/mol. The number of H-pyrrole nitrogens is 1. The Morgan fingerprint density at radius 1 is 1.19 bits per heavy atom. The number of aromatic nitrogens is 2. The fraction of sp³-hybridized carbons (Fsp3) is 0.111. The van der Waals surface area contributed by atoms with E-state index in [0.717, 1.165) is 27.7 Å². The molecule has 1 N–H and O–H groups in total. The van der Waals surface area contributed by atoms with Crippen molar-refractivity contribution in [3.8, 4) is 11.1 Å². The fourth-order valence-electron chi connectivity index (χ4n) is 2.27. The van der Waals surface area contributed by atoms with E-state index in [-0.39, 0.29) is 5.78 Å². The highest BCUT2D eigenvalue weighted by atomic mass is 16.1. The molecule has 2 heterocycles. The van der Waals surface area contributed by atoms with Crippen molar-refractivity contribution < 1.29 is 4.79 Å². The Kier molecular flexibility index (Phi) is 3.40. The molecule has 2 aromatic heterocycles. The van der Waals surface area contributed by atoms with Crippen molar-refractivity contribution >= 4 is 22.9 Å². The predicted molar refractivity (Wildman–Crippen MR) is 86.0 cm³/mol. The molecule has 3 nitrogen and oxygen atoms in total. The van der Waals surface area contributed by atoms with Crippen LogP contribution in [0.3, 0.4) is 0 Å². The van der Waals surface area contributed by atoms with Gasteiger partial charge in [0.15, 0.2) is 5.78 Å². The van der Waals surface area contributed by atoms with Gasteiger partial charge in [-0.25, -0.2) is 4.98 Å². The minimum absolute atomic E-state index is 0.0343. The van der Waals surface area contributed by atoms with E-state index in [1.807, 2.05) is 18.5 Å². The third-order valence-electron chi connectivity index (χ3n) is 3.45. The summed E-state index contributed by atoms with van der Waals surface area (Å²) in [6, 6.07) is 10.5. The number of fused-ring (bicyclic) bond motifs is 1. The topological polar surface area (TPSA) is 45.8 Å². The van der Waals surface area contributed by atoms with Gasteiger partial charge in [0.2, 0.25) is 0 Å². The molecule has 0 aliphatic rings. The van der Waals surface area contributed by atoms with E-state index in [4.69, 9.17) is 0 Å². The summed E-state index contributed by atoms with van der Waals surface area (Å²) in [7, 11) is 0. The zero-order chi connectivity index (χ0) is 14.8. The van der Waals surface area contributed by atoms with Crippen LogP contribution in [-0.4, -0.2) is 15.8 Å². The first-order valence-electron chi connectivity index (χ1n) is 6.86. The van der Waals surface area contributed by atoms with Crippen molar-refractivity contribution in [2.75, 3.05) is 0 Å². The maximum atomic E-state index is 11.1. The van der Waals surface area contributed by atoms with E-state index < -0.39 is 0 Å². The zero-order valence-electron chi connectivity index (χ0n) is 12.1. The third-order valence-corrected chi connectivity index (χ3v) is 3.45. The Bertz CT molecular complexity index is 826. The molecule has 0 aliphatic carbocycles. The molecular formula is C18H16N2O. The number of nitrogens with zero attached hydrogens (tertiary/aromatic N) is 1. The highest BCUT2D eigenvalue weighted by Crippen LogP contribution is 2.25. The van der Waals surface area contributed by atoms with E-state index in [9.17, 15) is 4.79 Å². The van der Waals surface area contributed by atoms with Gasteiger partial charge in [0.05, 0.1) is 0 Å². The molecule has 3 heteroatoms. The average Bonchev–Trinajstić information content (AvgIpc) is 2.88. The second-order valence-electron chi connectivity index (χ2n) is 5.17. The number of allylic oxidation sites excluding steroid dienone is 1. The van der Waals surface area contributed by atoms with Crippen LogP contribution >= 0.6 is 0 Å². The summed E-state index contributed by atoms with van der Waals surface area (Å²) in [5.74, 6) is 0.0343. The van der Waals surface area contributed by atoms with Gasteiger partial charge in [-0.05, 0) is 37.6 Å². The molecule has 0 spiro atoms. The first-order valence-corrected chi connectivity index (χ1v) is 6.86. The molecule has 104 valence electrons. The SMILES string of the molecule is CC(=O)/C=C/c1c[nH]c2ncc(-c3ccc(C)cc3)cc12. The van der Waals surface area contributed by atoms with Crippen LogP contribution in [-0.2, 0) is 4.79 Å². The Morgan fingerprint density at radius 3 is 2.67 bits per heavy atom. The first kappa shape index (κ1) is 13.3. The minimum atomic E-state index is 0.0343. The van der Waals surface area contributed by atoms with Gasteiger partial charge in [0.1, 0.15) is 5.65 Å². The lowest BCUT2D eigenvalue weighted by Gasteiger charge is -2.02. The van der Waals surface area contributed by atoms with E-state index >= 15 is 0 Å². The Hall–Kier alpha value is -2.68. The molecule has 0 atom stereocenters. The summed E-state index contributed by atoms with van der Waals surface area (Å²) in [4.78, 5) is 18.7. The summed E-state index contributed by atoms with van der Waals surface area (Å²) >= 11 is 0. The second kappa shape index (κ2) is 5.37. The molecule has 1 aromatic carbocycles. The van der Waals surface area contributed by atoms with Crippen LogP contribution in [0.1, 0.15) is 18.1 Å². The molecule has 0 aliphatic heterocycles. The Morgan fingerprint density at radius 2 is 1.95 bits per heavy atom. The van der Waals surface area contributed by atoms with Crippen molar-refractivity contribution in [1.29, 1.82) is 0 Å². The van der Waals surface area contributed by atoms with Gasteiger partial charge in [-0.2, -0.15) is 0 Å². The van der Waals surface area contributed by atoms with Gasteiger partial charge in [0.25, 0.3) is 0 Å². The lowest BCUT2D eigenvalue weighted by Crippen LogP contribution is -1.83. The summed E-state index contributed by atoms with van der Waals surface area (Å²) in [5, 5.41) is 1.02. The molecule has 0 amide bonds. The van der Waals surface area contributed by atoms with Crippen molar-refractivity contribution in [1.82, 2.24) is 9.97 Å². The van der Waals surface area contributed by atoms with Gasteiger partial charge in [-0.1, -0.05) is 29.8 Å². The van der Waals surface area contributed by atoms with Gasteiger partial charge >= 0.3 is 0 Å².